The first-order valence-electron chi connectivity index (χ1n) is 6.51. The molecule has 0 radical (unpaired) electrons. The number of ether oxygens (including phenoxy) is 1. The Kier molecular flexibility index (Phi) is 9.99. The second-order valence-electron chi connectivity index (χ2n) is 5.13. The Labute approximate surface area is 101 Å². The molecule has 0 fully saturated rings. The molecule has 0 aliphatic rings. The van der Waals surface area contributed by atoms with Crippen molar-refractivity contribution in [1.29, 1.82) is 0 Å². The fourth-order valence-corrected chi connectivity index (χ4v) is 1.68. The van der Waals surface area contributed by atoms with Gasteiger partial charge in [0.05, 0.1) is 19.8 Å². The van der Waals surface area contributed by atoms with E-state index in [-0.39, 0.29) is 6.61 Å². The Morgan fingerprint density at radius 3 is 2.56 bits per heavy atom. The number of unbranched alkanes of at least 4 members (excludes halogenated alkanes) is 2. The lowest BCUT2D eigenvalue weighted by atomic mass is 9.87. The van der Waals surface area contributed by atoms with Gasteiger partial charge < -0.3 is 15.2 Å². The Balaban J connectivity index is 3.35. The van der Waals surface area contributed by atoms with Crippen LogP contribution in [0.25, 0.3) is 0 Å². The monoisotopic (exact) mass is 231 g/mol. The van der Waals surface area contributed by atoms with Crippen LogP contribution in [0.2, 0.25) is 0 Å². The normalized spacial score (nSPS) is 12.0. The summed E-state index contributed by atoms with van der Waals surface area (Å²) in [6.07, 6.45) is 5.24. The van der Waals surface area contributed by atoms with Crippen LogP contribution >= 0.6 is 0 Å². The van der Waals surface area contributed by atoms with E-state index in [2.05, 4.69) is 26.1 Å². The summed E-state index contributed by atoms with van der Waals surface area (Å²) < 4.78 is 5.18. The molecule has 0 aliphatic carbocycles. The third-order valence-corrected chi connectivity index (χ3v) is 2.72. The zero-order chi connectivity index (χ0) is 12.3. The minimum atomic E-state index is 0.114. The quantitative estimate of drug-likeness (QED) is 0.536. The van der Waals surface area contributed by atoms with Crippen LogP contribution in [0.5, 0.6) is 0 Å². The predicted octanol–water partition coefficient (Wildman–Crippen LogP) is 2.19. The molecule has 0 amide bonds. The molecule has 0 aromatic carbocycles. The van der Waals surface area contributed by atoms with Gasteiger partial charge in [0.25, 0.3) is 0 Å². The van der Waals surface area contributed by atoms with Crippen LogP contribution < -0.4 is 5.32 Å². The topological polar surface area (TPSA) is 41.5 Å². The molecule has 0 rings (SSSR count). The van der Waals surface area contributed by atoms with Gasteiger partial charge in [-0.3, -0.25) is 0 Å². The fraction of sp³-hybridized carbons (Fsp3) is 1.00. The SMILES string of the molecule is CCCCCC(C)(C)CNCCOCCO. The zero-order valence-electron chi connectivity index (χ0n) is 11.2. The molecule has 0 heterocycles. The van der Waals surface area contributed by atoms with E-state index in [1.54, 1.807) is 0 Å². The Morgan fingerprint density at radius 2 is 1.94 bits per heavy atom. The summed E-state index contributed by atoms with van der Waals surface area (Å²) >= 11 is 0. The minimum absolute atomic E-state index is 0.114. The summed E-state index contributed by atoms with van der Waals surface area (Å²) in [6, 6.07) is 0. The van der Waals surface area contributed by atoms with Gasteiger partial charge in [-0.15, -0.1) is 0 Å². The molecule has 2 N–H and O–H groups in total. The first-order chi connectivity index (χ1) is 7.62. The minimum Gasteiger partial charge on any atom is -0.394 e. The number of aliphatic hydroxyl groups excluding tert-OH is 1. The standard InChI is InChI=1S/C13H29NO2/c1-4-5-6-7-13(2,3)12-14-8-10-16-11-9-15/h14-15H,4-12H2,1-3H3. The lowest BCUT2D eigenvalue weighted by Crippen LogP contribution is -2.31. The van der Waals surface area contributed by atoms with Gasteiger partial charge in [-0.2, -0.15) is 0 Å². The molecular formula is C13H29NO2. The number of aliphatic hydroxyl groups is 1. The smallest absolute Gasteiger partial charge is 0.0698 e. The van der Waals surface area contributed by atoms with Crippen LogP contribution in [-0.4, -0.2) is 38.0 Å². The fourth-order valence-electron chi connectivity index (χ4n) is 1.68. The molecule has 0 aromatic rings. The molecule has 0 atom stereocenters. The summed E-state index contributed by atoms with van der Waals surface area (Å²) in [6.45, 7) is 10.0. The molecule has 0 bridgehead atoms. The van der Waals surface area contributed by atoms with Crippen LogP contribution in [0.15, 0.2) is 0 Å². The van der Waals surface area contributed by atoms with Crippen molar-refractivity contribution in [3.63, 3.8) is 0 Å². The van der Waals surface area contributed by atoms with Crippen molar-refractivity contribution < 1.29 is 9.84 Å². The van der Waals surface area contributed by atoms with Crippen molar-refractivity contribution in [3.8, 4) is 0 Å². The molecule has 0 aromatic heterocycles. The molecule has 0 aliphatic heterocycles. The van der Waals surface area contributed by atoms with Gasteiger partial charge in [0.15, 0.2) is 0 Å². The highest BCUT2D eigenvalue weighted by atomic mass is 16.5. The summed E-state index contributed by atoms with van der Waals surface area (Å²) in [5.74, 6) is 0. The number of hydrogen-bond donors (Lipinski definition) is 2. The van der Waals surface area contributed by atoms with Gasteiger partial charge in [0, 0.05) is 13.1 Å². The lowest BCUT2D eigenvalue weighted by molar-refractivity contribution is 0.0924. The summed E-state index contributed by atoms with van der Waals surface area (Å²) in [5, 5.41) is 11.9. The first kappa shape index (κ1) is 15.9. The largest absolute Gasteiger partial charge is 0.394 e. The van der Waals surface area contributed by atoms with Crippen molar-refractivity contribution >= 4 is 0 Å². The number of hydrogen-bond acceptors (Lipinski definition) is 3. The van der Waals surface area contributed by atoms with Crippen LogP contribution in [-0.2, 0) is 4.74 Å². The van der Waals surface area contributed by atoms with Crippen molar-refractivity contribution in [2.24, 2.45) is 5.41 Å². The second kappa shape index (κ2) is 10.1. The highest BCUT2D eigenvalue weighted by Gasteiger charge is 2.16. The predicted molar refractivity (Wildman–Crippen MR) is 68.7 cm³/mol. The van der Waals surface area contributed by atoms with Crippen molar-refractivity contribution in [3.05, 3.63) is 0 Å². The Morgan fingerprint density at radius 1 is 1.19 bits per heavy atom. The van der Waals surface area contributed by atoms with Gasteiger partial charge in [0.2, 0.25) is 0 Å². The summed E-state index contributed by atoms with van der Waals surface area (Å²) in [5.41, 5.74) is 0.381. The van der Waals surface area contributed by atoms with Crippen LogP contribution in [0.3, 0.4) is 0 Å². The average molecular weight is 231 g/mol. The average Bonchev–Trinajstić information content (AvgIpc) is 2.23. The van der Waals surface area contributed by atoms with Gasteiger partial charge in [0.1, 0.15) is 0 Å². The maximum absolute atomic E-state index is 8.53. The summed E-state index contributed by atoms with van der Waals surface area (Å²) in [4.78, 5) is 0. The second-order valence-corrected chi connectivity index (χ2v) is 5.13. The first-order valence-corrected chi connectivity index (χ1v) is 6.51. The third kappa shape index (κ3) is 10.4. The van der Waals surface area contributed by atoms with Gasteiger partial charge >= 0.3 is 0 Å². The van der Waals surface area contributed by atoms with E-state index >= 15 is 0 Å². The van der Waals surface area contributed by atoms with Crippen molar-refractivity contribution in [2.45, 2.75) is 46.5 Å². The highest BCUT2D eigenvalue weighted by Crippen LogP contribution is 2.22. The van der Waals surface area contributed by atoms with E-state index < -0.39 is 0 Å². The van der Waals surface area contributed by atoms with E-state index in [9.17, 15) is 0 Å². The molecule has 0 spiro atoms. The van der Waals surface area contributed by atoms with Crippen LogP contribution in [0, 0.1) is 5.41 Å². The van der Waals surface area contributed by atoms with Gasteiger partial charge in [-0.25, -0.2) is 0 Å². The molecular weight excluding hydrogens is 202 g/mol. The zero-order valence-corrected chi connectivity index (χ0v) is 11.2. The maximum atomic E-state index is 8.53. The van der Waals surface area contributed by atoms with Gasteiger partial charge in [-0.05, 0) is 11.8 Å². The van der Waals surface area contributed by atoms with Crippen molar-refractivity contribution in [1.82, 2.24) is 5.32 Å². The van der Waals surface area contributed by atoms with E-state index in [4.69, 9.17) is 9.84 Å². The molecule has 16 heavy (non-hydrogen) atoms. The lowest BCUT2D eigenvalue weighted by Gasteiger charge is -2.25. The van der Waals surface area contributed by atoms with E-state index in [1.807, 2.05) is 0 Å². The molecule has 0 saturated carbocycles. The van der Waals surface area contributed by atoms with Crippen LogP contribution in [0.1, 0.15) is 46.5 Å². The van der Waals surface area contributed by atoms with E-state index in [0.717, 1.165) is 13.1 Å². The molecule has 0 unspecified atom stereocenters. The van der Waals surface area contributed by atoms with E-state index in [0.29, 0.717) is 18.6 Å². The number of rotatable bonds is 11. The highest BCUT2D eigenvalue weighted by molar-refractivity contribution is 4.71. The molecule has 0 saturated heterocycles. The Bertz CT molecular complexity index is 149. The molecule has 3 heteroatoms. The number of nitrogens with one attached hydrogen (secondary N) is 1. The summed E-state index contributed by atoms with van der Waals surface area (Å²) in [7, 11) is 0. The Hall–Kier alpha value is -0.120. The van der Waals surface area contributed by atoms with E-state index in [1.165, 1.54) is 25.7 Å². The van der Waals surface area contributed by atoms with Crippen molar-refractivity contribution in [2.75, 3.05) is 32.9 Å². The maximum Gasteiger partial charge on any atom is 0.0698 e. The molecule has 98 valence electrons. The third-order valence-electron chi connectivity index (χ3n) is 2.72. The van der Waals surface area contributed by atoms with Gasteiger partial charge in [-0.1, -0.05) is 40.0 Å². The molecule has 3 nitrogen and oxygen atoms in total. The van der Waals surface area contributed by atoms with Crippen LogP contribution in [0.4, 0.5) is 0 Å².